The topological polar surface area (TPSA) is 46.2 Å². The molecule has 3 rings (SSSR count). The number of halogens is 1. The summed E-state index contributed by atoms with van der Waals surface area (Å²) < 4.78 is 41.0. The highest BCUT2D eigenvalue weighted by Gasteiger charge is 2.60. The molecule has 0 radical (unpaired) electrons. The van der Waals surface area contributed by atoms with Gasteiger partial charge in [0, 0.05) is 6.04 Å². The molecular weight excluding hydrogens is 289 g/mol. The van der Waals surface area contributed by atoms with Crippen LogP contribution in [0.5, 0.6) is 0 Å². The molecule has 3 atom stereocenters. The summed E-state index contributed by atoms with van der Waals surface area (Å²) in [5.41, 5.74) is -0.0125. The molecule has 1 aromatic rings. The molecular formula is C16H22FNO2S. The Morgan fingerprint density at radius 2 is 1.81 bits per heavy atom. The van der Waals surface area contributed by atoms with Gasteiger partial charge in [-0.2, -0.15) is 0 Å². The summed E-state index contributed by atoms with van der Waals surface area (Å²) in [5, 5.41) is 0. The molecule has 0 heterocycles. The van der Waals surface area contributed by atoms with Crippen LogP contribution < -0.4 is 4.72 Å². The van der Waals surface area contributed by atoms with Crippen molar-refractivity contribution in [3.63, 3.8) is 0 Å². The third kappa shape index (κ3) is 2.30. The van der Waals surface area contributed by atoms with Crippen molar-refractivity contribution in [1.29, 1.82) is 0 Å². The first kappa shape index (κ1) is 15.0. The highest BCUT2D eigenvalue weighted by Crippen LogP contribution is 2.62. The molecule has 0 aromatic heterocycles. The molecule has 0 unspecified atom stereocenters. The highest BCUT2D eigenvalue weighted by molar-refractivity contribution is 7.89. The molecule has 2 fully saturated rings. The summed E-state index contributed by atoms with van der Waals surface area (Å²) in [6.45, 7) is 6.49. The lowest BCUT2D eigenvalue weighted by Crippen LogP contribution is -2.52. The average Bonchev–Trinajstić information content (AvgIpc) is 2.87. The monoisotopic (exact) mass is 311 g/mol. The number of rotatable bonds is 3. The Morgan fingerprint density at radius 1 is 1.19 bits per heavy atom. The fourth-order valence-corrected chi connectivity index (χ4v) is 5.96. The van der Waals surface area contributed by atoms with Crippen molar-refractivity contribution in [1.82, 2.24) is 4.72 Å². The van der Waals surface area contributed by atoms with Gasteiger partial charge in [0.2, 0.25) is 10.0 Å². The first-order valence-corrected chi connectivity index (χ1v) is 8.91. The maximum Gasteiger partial charge on any atom is 0.240 e. The van der Waals surface area contributed by atoms with Gasteiger partial charge >= 0.3 is 0 Å². The number of sulfonamides is 1. The van der Waals surface area contributed by atoms with Gasteiger partial charge in [0.25, 0.3) is 0 Å². The zero-order valence-electron chi connectivity index (χ0n) is 12.7. The van der Waals surface area contributed by atoms with Crippen molar-refractivity contribution < 1.29 is 12.8 Å². The van der Waals surface area contributed by atoms with Gasteiger partial charge < -0.3 is 0 Å². The van der Waals surface area contributed by atoms with E-state index in [9.17, 15) is 12.8 Å². The van der Waals surface area contributed by atoms with Crippen LogP contribution in [-0.2, 0) is 10.0 Å². The number of hydrogen-bond acceptors (Lipinski definition) is 2. The first-order valence-electron chi connectivity index (χ1n) is 7.43. The van der Waals surface area contributed by atoms with Gasteiger partial charge in [0.05, 0.1) is 4.90 Å². The molecule has 5 heteroatoms. The smallest absolute Gasteiger partial charge is 0.207 e. The minimum atomic E-state index is -3.61. The number of hydrogen-bond donors (Lipinski definition) is 1. The van der Waals surface area contributed by atoms with Crippen molar-refractivity contribution in [3.05, 3.63) is 30.1 Å². The summed E-state index contributed by atoms with van der Waals surface area (Å²) in [5.74, 6) is 0.143. The molecule has 0 spiro atoms. The fraction of sp³-hybridized carbons (Fsp3) is 0.625. The molecule has 3 nitrogen and oxygen atoms in total. The quantitative estimate of drug-likeness (QED) is 0.931. The van der Waals surface area contributed by atoms with Crippen LogP contribution in [0.25, 0.3) is 0 Å². The molecule has 116 valence electrons. The Bertz CT molecular complexity index is 649. The van der Waals surface area contributed by atoms with Gasteiger partial charge in [-0.3, -0.25) is 0 Å². The van der Waals surface area contributed by atoms with E-state index >= 15 is 0 Å². The van der Waals surface area contributed by atoms with E-state index in [-0.39, 0.29) is 21.8 Å². The number of fused-ring (bicyclic) bond motifs is 2. The van der Waals surface area contributed by atoms with Gasteiger partial charge in [0.15, 0.2) is 0 Å². The second-order valence-corrected chi connectivity index (χ2v) is 9.14. The molecule has 0 aliphatic heterocycles. The molecule has 2 aliphatic carbocycles. The van der Waals surface area contributed by atoms with Crippen LogP contribution in [0.2, 0.25) is 0 Å². The zero-order chi connectivity index (χ0) is 15.5. The SMILES string of the molecule is CC1(C)[C@@H]2CC[C@](C)(C2)[C@H]1NS(=O)(=O)c1ccc(F)cc1. The molecule has 1 aromatic carbocycles. The number of benzene rings is 1. The van der Waals surface area contributed by atoms with E-state index in [4.69, 9.17) is 0 Å². The minimum Gasteiger partial charge on any atom is -0.207 e. The van der Waals surface area contributed by atoms with Crippen LogP contribution in [-0.4, -0.2) is 14.5 Å². The predicted octanol–water partition coefficient (Wildman–Crippen LogP) is 3.32. The summed E-state index contributed by atoms with van der Waals surface area (Å²) in [6.07, 6.45) is 3.33. The highest BCUT2D eigenvalue weighted by atomic mass is 32.2. The minimum absolute atomic E-state index is 0.0290. The summed E-state index contributed by atoms with van der Waals surface area (Å²) in [4.78, 5) is 0.131. The van der Waals surface area contributed by atoms with Crippen LogP contribution in [0.4, 0.5) is 4.39 Å². The van der Waals surface area contributed by atoms with Gasteiger partial charge in [0.1, 0.15) is 5.82 Å². The Kier molecular flexibility index (Phi) is 3.23. The van der Waals surface area contributed by atoms with Crippen LogP contribution in [0.15, 0.2) is 29.2 Å². The standard InChI is InChI=1S/C16H22FNO2S/c1-15(2)11-8-9-16(3,10-11)14(15)18-21(19,20)13-6-4-12(17)5-7-13/h4-7,11,14,18H,8-10H2,1-3H3/t11-,14+,16-/m1/s1. The Labute approximate surface area is 126 Å². The van der Waals surface area contributed by atoms with Crippen molar-refractivity contribution in [3.8, 4) is 0 Å². The lowest BCUT2D eigenvalue weighted by Gasteiger charge is -2.42. The molecule has 0 saturated heterocycles. The molecule has 1 N–H and O–H groups in total. The van der Waals surface area contributed by atoms with Crippen LogP contribution in [0, 0.1) is 22.6 Å². The molecule has 0 amide bonds. The van der Waals surface area contributed by atoms with E-state index < -0.39 is 15.8 Å². The van der Waals surface area contributed by atoms with Crippen molar-refractivity contribution in [2.75, 3.05) is 0 Å². The lowest BCUT2D eigenvalue weighted by atomic mass is 9.69. The lowest BCUT2D eigenvalue weighted by molar-refractivity contribution is 0.127. The largest absolute Gasteiger partial charge is 0.240 e. The summed E-state index contributed by atoms with van der Waals surface area (Å²) in [6, 6.07) is 4.93. The third-order valence-electron chi connectivity index (χ3n) is 5.67. The molecule has 21 heavy (non-hydrogen) atoms. The summed E-state index contributed by atoms with van der Waals surface area (Å²) in [7, 11) is -3.61. The molecule has 2 saturated carbocycles. The normalized spacial score (nSPS) is 34.3. The van der Waals surface area contributed by atoms with Gasteiger partial charge in [-0.1, -0.05) is 20.8 Å². The second-order valence-electron chi connectivity index (χ2n) is 7.42. The number of nitrogens with one attached hydrogen (secondary N) is 1. The Hall–Kier alpha value is -0.940. The van der Waals surface area contributed by atoms with Crippen LogP contribution >= 0.6 is 0 Å². The van der Waals surface area contributed by atoms with E-state index in [0.717, 1.165) is 12.8 Å². The van der Waals surface area contributed by atoms with E-state index in [0.29, 0.717) is 5.92 Å². The maximum absolute atomic E-state index is 13.0. The average molecular weight is 311 g/mol. The van der Waals surface area contributed by atoms with E-state index in [1.807, 2.05) is 0 Å². The fourth-order valence-electron chi connectivity index (χ4n) is 4.43. The van der Waals surface area contributed by atoms with Crippen molar-refractivity contribution in [2.24, 2.45) is 16.7 Å². The van der Waals surface area contributed by atoms with Crippen LogP contribution in [0.1, 0.15) is 40.0 Å². The van der Waals surface area contributed by atoms with Crippen molar-refractivity contribution in [2.45, 2.75) is 51.0 Å². The van der Waals surface area contributed by atoms with E-state index in [1.165, 1.54) is 30.7 Å². The first-order chi connectivity index (χ1) is 9.65. The third-order valence-corrected chi connectivity index (χ3v) is 7.11. The van der Waals surface area contributed by atoms with E-state index in [1.54, 1.807) is 0 Å². The van der Waals surface area contributed by atoms with Crippen molar-refractivity contribution >= 4 is 10.0 Å². The molecule has 2 aliphatic rings. The summed E-state index contributed by atoms with van der Waals surface area (Å²) >= 11 is 0. The zero-order valence-corrected chi connectivity index (χ0v) is 13.5. The second kappa shape index (κ2) is 4.53. The Balaban J connectivity index is 1.91. The van der Waals surface area contributed by atoms with Gasteiger partial charge in [-0.05, 0) is 60.3 Å². The van der Waals surface area contributed by atoms with Gasteiger partial charge in [-0.15, -0.1) is 0 Å². The molecule has 2 bridgehead atoms. The maximum atomic E-state index is 13.0. The van der Waals surface area contributed by atoms with E-state index in [2.05, 4.69) is 25.5 Å². The van der Waals surface area contributed by atoms with Crippen LogP contribution in [0.3, 0.4) is 0 Å². The Morgan fingerprint density at radius 3 is 2.33 bits per heavy atom. The van der Waals surface area contributed by atoms with Gasteiger partial charge in [-0.25, -0.2) is 17.5 Å². The predicted molar refractivity (Wildman–Crippen MR) is 79.7 cm³/mol.